The SMILES string of the molecule is C=NO/C(=N\CN)c1ccc2[nH]cc(C)c2c1.CC. The fourth-order valence-corrected chi connectivity index (χ4v) is 1.71. The molecule has 2 rings (SSSR count). The van der Waals surface area contributed by atoms with Crippen molar-refractivity contribution in [3.8, 4) is 0 Å². The number of benzene rings is 1. The van der Waals surface area contributed by atoms with Crippen molar-refractivity contribution in [3.05, 3.63) is 35.5 Å². The molecule has 0 radical (unpaired) electrons. The third-order valence-electron chi connectivity index (χ3n) is 2.52. The highest BCUT2D eigenvalue weighted by Gasteiger charge is 2.07. The first kappa shape index (κ1) is 14.9. The molecule has 0 bridgehead atoms. The van der Waals surface area contributed by atoms with Crippen LogP contribution in [0.1, 0.15) is 25.0 Å². The number of nitrogens with one attached hydrogen (secondary N) is 1. The topological polar surface area (TPSA) is 75.8 Å². The lowest BCUT2D eigenvalue weighted by atomic mass is 10.1. The summed E-state index contributed by atoms with van der Waals surface area (Å²) in [6.45, 7) is 9.46. The standard InChI is InChI=1S/C12H14N4O.C2H6/c1-8-6-15-11-4-3-9(5-10(8)11)12(16-7-13)17-14-2;1-2/h3-6,15H,2,7,13H2,1H3;1-2H3/b16-12-;. The van der Waals surface area contributed by atoms with Crippen molar-refractivity contribution < 1.29 is 4.84 Å². The van der Waals surface area contributed by atoms with Crippen LogP contribution in [0.3, 0.4) is 0 Å². The molecule has 0 amide bonds. The van der Waals surface area contributed by atoms with Crippen LogP contribution in [0.5, 0.6) is 0 Å². The number of aliphatic imine (C=N–C) groups is 1. The molecule has 0 atom stereocenters. The molecule has 0 aliphatic rings. The Hall–Kier alpha value is -2.14. The minimum absolute atomic E-state index is 0.148. The lowest BCUT2D eigenvalue weighted by Gasteiger charge is -2.03. The predicted octanol–water partition coefficient (Wildman–Crippen LogP) is 2.80. The van der Waals surface area contributed by atoms with Gasteiger partial charge in [-0.2, -0.15) is 0 Å². The monoisotopic (exact) mass is 260 g/mol. The van der Waals surface area contributed by atoms with Crippen molar-refractivity contribution in [1.29, 1.82) is 0 Å². The number of aromatic amines is 1. The van der Waals surface area contributed by atoms with E-state index in [0.29, 0.717) is 5.90 Å². The van der Waals surface area contributed by atoms with Gasteiger partial charge in [0.25, 0.3) is 5.90 Å². The number of nitrogens with two attached hydrogens (primary N) is 1. The first-order valence-electron chi connectivity index (χ1n) is 6.22. The number of oxime groups is 1. The van der Waals surface area contributed by atoms with Gasteiger partial charge >= 0.3 is 0 Å². The third-order valence-corrected chi connectivity index (χ3v) is 2.52. The van der Waals surface area contributed by atoms with Crippen LogP contribution in [0.15, 0.2) is 34.5 Å². The summed E-state index contributed by atoms with van der Waals surface area (Å²) in [5, 5.41) is 4.50. The average molecular weight is 260 g/mol. The first-order chi connectivity index (χ1) is 9.26. The molecule has 0 saturated carbocycles. The molecule has 0 aliphatic heterocycles. The van der Waals surface area contributed by atoms with Gasteiger partial charge in [0.15, 0.2) is 0 Å². The van der Waals surface area contributed by atoms with Crippen molar-refractivity contribution in [3.63, 3.8) is 0 Å². The quantitative estimate of drug-likeness (QED) is 0.506. The van der Waals surface area contributed by atoms with E-state index in [-0.39, 0.29) is 6.67 Å². The van der Waals surface area contributed by atoms with E-state index in [0.717, 1.165) is 16.5 Å². The van der Waals surface area contributed by atoms with E-state index in [2.05, 4.69) is 21.8 Å². The molecule has 102 valence electrons. The summed E-state index contributed by atoms with van der Waals surface area (Å²) in [5.41, 5.74) is 8.46. The molecule has 5 nitrogen and oxygen atoms in total. The summed E-state index contributed by atoms with van der Waals surface area (Å²) in [5.74, 6) is 0.380. The fraction of sp³-hybridized carbons (Fsp3) is 0.286. The van der Waals surface area contributed by atoms with Crippen LogP contribution in [-0.4, -0.2) is 24.3 Å². The largest absolute Gasteiger partial charge is 0.361 e. The van der Waals surface area contributed by atoms with Crippen LogP contribution in [0.4, 0.5) is 0 Å². The lowest BCUT2D eigenvalue weighted by Crippen LogP contribution is -2.07. The van der Waals surface area contributed by atoms with Gasteiger partial charge in [-0.3, -0.25) is 0 Å². The molecule has 0 fully saturated rings. The van der Waals surface area contributed by atoms with Gasteiger partial charge in [0.05, 0.1) is 6.67 Å². The van der Waals surface area contributed by atoms with E-state index in [1.54, 1.807) is 0 Å². The molecule has 19 heavy (non-hydrogen) atoms. The summed E-state index contributed by atoms with van der Waals surface area (Å²) < 4.78 is 0. The van der Waals surface area contributed by atoms with Gasteiger partial charge in [-0.25, -0.2) is 4.99 Å². The molecule has 1 aromatic heterocycles. The zero-order valence-electron chi connectivity index (χ0n) is 11.6. The second-order valence-corrected chi connectivity index (χ2v) is 3.60. The first-order valence-corrected chi connectivity index (χ1v) is 6.22. The van der Waals surface area contributed by atoms with E-state index >= 15 is 0 Å². The van der Waals surface area contributed by atoms with Crippen LogP contribution >= 0.6 is 0 Å². The Kier molecular flexibility index (Phi) is 5.75. The number of fused-ring (bicyclic) bond motifs is 1. The number of hydrogen-bond donors (Lipinski definition) is 2. The van der Waals surface area contributed by atoms with Crippen LogP contribution in [0.25, 0.3) is 10.9 Å². The maximum Gasteiger partial charge on any atom is 0.252 e. The van der Waals surface area contributed by atoms with Gasteiger partial charge in [0, 0.05) is 29.4 Å². The molecular weight excluding hydrogens is 240 g/mol. The Bertz CT molecular complexity index is 572. The highest BCUT2D eigenvalue weighted by Crippen LogP contribution is 2.19. The summed E-state index contributed by atoms with van der Waals surface area (Å²) in [7, 11) is 0. The fourth-order valence-electron chi connectivity index (χ4n) is 1.71. The van der Waals surface area contributed by atoms with Crippen molar-refractivity contribution in [1.82, 2.24) is 4.98 Å². The molecule has 5 heteroatoms. The Morgan fingerprint density at radius 1 is 1.42 bits per heavy atom. The van der Waals surface area contributed by atoms with Crippen LogP contribution in [0.2, 0.25) is 0 Å². The molecule has 1 aromatic carbocycles. The number of rotatable bonds is 3. The Labute approximate surface area is 113 Å². The number of H-pyrrole nitrogens is 1. The molecule has 0 unspecified atom stereocenters. The zero-order valence-corrected chi connectivity index (χ0v) is 11.6. The maximum atomic E-state index is 5.38. The van der Waals surface area contributed by atoms with Crippen LogP contribution in [0, 0.1) is 6.92 Å². The van der Waals surface area contributed by atoms with E-state index in [4.69, 9.17) is 10.6 Å². The van der Waals surface area contributed by atoms with Gasteiger partial charge in [0.1, 0.15) is 0 Å². The highest BCUT2D eigenvalue weighted by molar-refractivity contribution is 5.98. The van der Waals surface area contributed by atoms with E-state index in [9.17, 15) is 0 Å². The Morgan fingerprint density at radius 3 is 2.79 bits per heavy atom. The maximum absolute atomic E-state index is 5.38. The van der Waals surface area contributed by atoms with Crippen LogP contribution in [-0.2, 0) is 4.84 Å². The minimum atomic E-state index is 0.148. The number of aryl methyl sites for hydroxylation is 1. The van der Waals surface area contributed by atoms with Crippen molar-refractivity contribution in [2.45, 2.75) is 20.8 Å². The molecule has 1 heterocycles. The van der Waals surface area contributed by atoms with E-state index < -0.39 is 0 Å². The second-order valence-electron chi connectivity index (χ2n) is 3.60. The molecule has 3 N–H and O–H groups in total. The highest BCUT2D eigenvalue weighted by atomic mass is 16.6. The van der Waals surface area contributed by atoms with Crippen molar-refractivity contribution in [2.75, 3.05) is 6.67 Å². The third kappa shape index (κ3) is 3.42. The lowest BCUT2D eigenvalue weighted by molar-refractivity contribution is 0.332. The van der Waals surface area contributed by atoms with Gasteiger partial charge in [-0.05, 0) is 30.7 Å². The normalized spacial score (nSPS) is 10.8. The van der Waals surface area contributed by atoms with Crippen LogP contribution < -0.4 is 5.73 Å². The number of nitrogens with zero attached hydrogens (tertiary/aromatic N) is 2. The van der Waals surface area contributed by atoms with E-state index in [1.165, 1.54) is 5.56 Å². The second kappa shape index (κ2) is 7.33. The molecule has 0 saturated heterocycles. The molecule has 2 aromatic rings. The van der Waals surface area contributed by atoms with Crippen molar-refractivity contribution >= 4 is 23.5 Å². The smallest absolute Gasteiger partial charge is 0.252 e. The van der Waals surface area contributed by atoms with E-state index in [1.807, 2.05) is 45.2 Å². The molecular formula is C14H20N4O. The number of hydrogen-bond acceptors (Lipinski definition) is 4. The minimum Gasteiger partial charge on any atom is -0.361 e. The zero-order chi connectivity index (χ0) is 14.3. The summed E-state index contributed by atoms with van der Waals surface area (Å²) in [6.07, 6.45) is 1.96. The van der Waals surface area contributed by atoms with Gasteiger partial charge in [0.2, 0.25) is 0 Å². The summed E-state index contributed by atoms with van der Waals surface area (Å²) in [4.78, 5) is 12.2. The van der Waals surface area contributed by atoms with Gasteiger partial charge in [-0.15, -0.1) is 0 Å². The average Bonchev–Trinajstić information content (AvgIpc) is 2.82. The summed E-state index contributed by atoms with van der Waals surface area (Å²) in [6, 6.07) is 5.86. The number of aromatic nitrogens is 1. The van der Waals surface area contributed by atoms with Gasteiger partial charge < -0.3 is 15.6 Å². The van der Waals surface area contributed by atoms with Gasteiger partial charge in [-0.1, -0.05) is 19.0 Å². The Balaban J connectivity index is 0.000000861. The summed E-state index contributed by atoms with van der Waals surface area (Å²) >= 11 is 0. The Morgan fingerprint density at radius 2 is 2.16 bits per heavy atom. The van der Waals surface area contributed by atoms with Crippen molar-refractivity contribution in [2.24, 2.45) is 15.9 Å². The molecule has 0 aliphatic carbocycles. The predicted molar refractivity (Wildman–Crippen MR) is 80.6 cm³/mol. The molecule has 0 spiro atoms.